The van der Waals surface area contributed by atoms with Gasteiger partial charge in [-0.2, -0.15) is 0 Å². The lowest BCUT2D eigenvalue weighted by Crippen LogP contribution is -2.24. The number of rotatable bonds is 7. The van der Waals surface area contributed by atoms with E-state index in [2.05, 4.69) is 6.58 Å². The Morgan fingerprint density at radius 3 is 2.74 bits per heavy atom. The second-order valence-electron chi connectivity index (χ2n) is 4.42. The first-order valence-corrected chi connectivity index (χ1v) is 6.33. The number of nitro benzene ring substituents is 1. The molecule has 0 fully saturated rings. The molecule has 5 heteroatoms. The van der Waals surface area contributed by atoms with E-state index in [9.17, 15) is 15.2 Å². The molecule has 1 rings (SSSR count). The van der Waals surface area contributed by atoms with Crippen molar-refractivity contribution < 1.29 is 10.0 Å². The van der Waals surface area contributed by atoms with Crippen molar-refractivity contribution in [2.75, 3.05) is 18.0 Å². The molecule has 1 aromatic carbocycles. The molecule has 19 heavy (non-hydrogen) atoms. The van der Waals surface area contributed by atoms with E-state index in [1.165, 1.54) is 6.07 Å². The molecule has 0 aliphatic carbocycles. The lowest BCUT2D eigenvalue weighted by Gasteiger charge is -2.22. The summed E-state index contributed by atoms with van der Waals surface area (Å²) in [6, 6.07) is 4.85. The van der Waals surface area contributed by atoms with Gasteiger partial charge in [0.2, 0.25) is 0 Å². The number of aliphatic hydroxyl groups excluding tert-OH is 1. The zero-order valence-electron chi connectivity index (χ0n) is 11.4. The van der Waals surface area contributed by atoms with Crippen LogP contribution in [0.25, 0.3) is 0 Å². The Hall–Kier alpha value is -1.88. The number of hydrogen-bond donors (Lipinski definition) is 1. The molecule has 0 bridgehead atoms. The Kier molecular flexibility index (Phi) is 5.51. The van der Waals surface area contributed by atoms with Crippen molar-refractivity contribution in [1.82, 2.24) is 0 Å². The van der Waals surface area contributed by atoms with Crippen LogP contribution in [0.5, 0.6) is 0 Å². The number of anilines is 1. The predicted molar refractivity (Wildman–Crippen MR) is 76.4 cm³/mol. The maximum absolute atomic E-state index is 11.2. The average Bonchev–Trinajstić information content (AvgIpc) is 2.37. The van der Waals surface area contributed by atoms with E-state index >= 15 is 0 Å². The number of hydrogen-bond acceptors (Lipinski definition) is 4. The molecule has 1 N–H and O–H groups in total. The maximum atomic E-state index is 11.2. The van der Waals surface area contributed by atoms with Crippen LogP contribution in [-0.2, 0) is 0 Å². The average molecular weight is 264 g/mol. The van der Waals surface area contributed by atoms with Crippen LogP contribution < -0.4 is 4.90 Å². The summed E-state index contributed by atoms with van der Waals surface area (Å²) in [6.07, 6.45) is 1.90. The molecule has 0 aliphatic rings. The highest BCUT2D eigenvalue weighted by Gasteiger charge is 2.20. The zero-order valence-corrected chi connectivity index (χ0v) is 11.4. The molecule has 0 spiro atoms. The molecule has 1 aromatic rings. The standard InChI is InChI=1S/C14H20N2O3/c1-4-8-15(9-5-2)13-7-6-12(11(3)17)10-14(13)16(18)19/h4,6-7,10-11,17H,1,5,8-9H2,2-3H3/t11-/m0/s1. The van der Waals surface area contributed by atoms with E-state index < -0.39 is 11.0 Å². The van der Waals surface area contributed by atoms with E-state index in [-0.39, 0.29) is 5.69 Å². The van der Waals surface area contributed by atoms with Crippen LogP contribution >= 0.6 is 0 Å². The Labute approximate surface area is 113 Å². The van der Waals surface area contributed by atoms with Crippen LogP contribution in [0, 0.1) is 10.1 Å². The van der Waals surface area contributed by atoms with Crippen molar-refractivity contribution >= 4 is 11.4 Å². The van der Waals surface area contributed by atoms with Crippen LogP contribution in [0.3, 0.4) is 0 Å². The second kappa shape index (κ2) is 6.89. The summed E-state index contributed by atoms with van der Waals surface area (Å²) in [4.78, 5) is 12.7. The fourth-order valence-electron chi connectivity index (χ4n) is 1.95. The highest BCUT2D eigenvalue weighted by atomic mass is 16.6. The fourth-order valence-corrected chi connectivity index (χ4v) is 1.95. The summed E-state index contributed by atoms with van der Waals surface area (Å²) in [5.74, 6) is 0. The molecule has 0 heterocycles. The topological polar surface area (TPSA) is 66.6 Å². The quantitative estimate of drug-likeness (QED) is 0.467. The van der Waals surface area contributed by atoms with Gasteiger partial charge in [-0.05, 0) is 25.0 Å². The van der Waals surface area contributed by atoms with Gasteiger partial charge < -0.3 is 10.0 Å². The molecule has 0 aliphatic heterocycles. The highest BCUT2D eigenvalue weighted by Crippen LogP contribution is 2.31. The molecule has 5 nitrogen and oxygen atoms in total. The summed E-state index contributed by atoms with van der Waals surface area (Å²) in [6.45, 7) is 8.57. The molecule has 0 radical (unpaired) electrons. The second-order valence-corrected chi connectivity index (χ2v) is 4.42. The molecule has 0 amide bonds. The molecule has 1 atom stereocenters. The molecule has 104 valence electrons. The van der Waals surface area contributed by atoms with Crippen LogP contribution in [0.1, 0.15) is 31.9 Å². The smallest absolute Gasteiger partial charge is 0.292 e. The minimum atomic E-state index is -0.716. The number of benzene rings is 1. The normalized spacial score (nSPS) is 11.9. The SMILES string of the molecule is C=CCN(CCC)c1ccc([C@H](C)O)cc1[N+](=O)[O-]. The predicted octanol–water partition coefficient (Wildman–Crippen LogP) is 3.05. The van der Waals surface area contributed by atoms with Gasteiger partial charge in [-0.3, -0.25) is 10.1 Å². The van der Waals surface area contributed by atoms with Crippen molar-refractivity contribution in [3.05, 3.63) is 46.5 Å². The first-order valence-electron chi connectivity index (χ1n) is 6.33. The molecular weight excluding hydrogens is 244 g/mol. The van der Waals surface area contributed by atoms with Crippen LogP contribution in [0.15, 0.2) is 30.9 Å². The molecule has 0 aromatic heterocycles. The van der Waals surface area contributed by atoms with Gasteiger partial charge in [0.05, 0.1) is 11.0 Å². The van der Waals surface area contributed by atoms with Gasteiger partial charge in [-0.25, -0.2) is 0 Å². The van der Waals surface area contributed by atoms with Gasteiger partial charge >= 0.3 is 0 Å². The van der Waals surface area contributed by atoms with Crippen molar-refractivity contribution in [1.29, 1.82) is 0 Å². The Balaban J connectivity index is 3.24. The van der Waals surface area contributed by atoms with E-state index in [0.29, 0.717) is 17.8 Å². The molecule has 0 saturated carbocycles. The molecule has 0 unspecified atom stereocenters. The van der Waals surface area contributed by atoms with Crippen LogP contribution in [0.2, 0.25) is 0 Å². The van der Waals surface area contributed by atoms with E-state index in [1.807, 2.05) is 11.8 Å². The van der Waals surface area contributed by atoms with E-state index in [1.54, 1.807) is 25.1 Å². The van der Waals surface area contributed by atoms with Crippen molar-refractivity contribution in [3.63, 3.8) is 0 Å². The summed E-state index contributed by atoms with van der Waals surface area (Å²) >= 11 is 0. The lowest BCUT2D eigenvalue weighted by molar-refractivity contribution is -0.384. The number of nitro groups is 1. The Bertz CT molecular complexity index is 458. The first-order chi connectivity index (χ1) is 9.01. The monoisotopic (exact) mass is 264 g/mol. The number of aliphatic hydroxyl groups is 1. The third kappa shape index (κ3) is 3.79. The fraction of sp³-hybridized carbons (Fsp3) is 0.429. The summed E-state index contributed by atoms with van der Waals surface area (Å²) in [5.41, 5.74) is 1.13. The first kappa shape index (κ1) is 15.2. The van der Waals surface area contributed by atoms with E-state index in [0.717, 1.165) is 13.0 Å². The van der Waals surface area contributed by atoms with Gasteiger partial charge in [0.25, 0.3) is 5.69 Å². The van der Waals surface area contributed by atoms with Gasteiger partial charge in [0.1, 0.15) is 5.69 Å². The van der Waals surface area contributed by atoms with Crippen LogP contribution in [0.4, 0.5) is 11.4 Å². The summed E-state index contributed by atoms with van der Waals surface area (Å²) in [5, 5.41) is 20.7. The Morgan fingerprint density at radius 1 is 1.58 bits per heavy atom. The Morgan fingerprint density at radius 2 is 2.26 bits per heavy atom. The minimum Gasteiger partial charge on any atom is -0.389 e. The molecule has 0 saturated heterocycles. The summed E-state index contributed by atoms with van der Waals surface area (Å²) in [7, 11) is 0. The van der Waals surface area contributed by atoms with Crippen LogP contribution in [-0.4, -0.2) is 23.1 Å². The van der Waals surface area contributed by atoms with E-state index in [4.69, 9.17) is 0 Å². The van der Waals surface area contributed by atoms with Crippen molar-refractivity contribution in [2.24, 2.45) is 0 Å². The lowest BCUT2D eigenvalue weighted by atomic mass is 10.1. The van der Waals surface area contributed by atoms with Gasteiger partial charge in [-0.15, -0.1) is 6.58 Å². The van der Waals surface area contributed by atoms with Gasteiger partial charge in [-0.1, -0.05) is 19.1 Å². The number of nitrogens with zero attached hydrogens (tertiary/aromatic N) is 2. The van der Waals surface area contributed by atoms with Crippen molar-refractivity contribution in [2.45, 2.75) is 26.4 Å². The largest absolute Gasteiger partial charge is 0.389 e. The summed E-state index contributed by atoms with van der Waals surface area (Å²) < 4.78 is 0. The molecular formula is C14H20N2O3. The zero-order chi connectivity index (χ0) is 14.4. The third-order valence-electron chi connectivity index (χ3n) is 2.86. The highest BCUT2D eigenvalue weighted by molar-refractivity contribution is 5.64. The minimum absolute atomic E-state index is 0.0219. The van der Waals surface area contributed by atoms with Crippen molar-refractivity contribution in [3.8, 4) is 0 Å². The van der Waals surface area contributed by atoms with Gasteiger partial charge in [0, 0.05) is 19.2 Å². The third-order valence-corrected chi connectivity index (χ3v) is 2.86. The maximum Gasteiger partial charge on any atom is 0.292 e. The van der Waals surface area contributed by atoms with Gasteiger partial charge in [0.15, 0.2) is 0 Å².